The zero-order valence-corrected chi connectivity index (χ0v) is 16.8. The average Bonchev–Trinajstić information content (AvgIpc) is 3.09. The minimum absolute atomic E-state index is 0.169. The molecule has 28 heavy (non-hydrogen) atoms. The Labute approximate surface area is 165 Å². The number of rotatable bonds is 5. The standard InChI is InChI=1S/C15H16O2.C7H10N4/c1-11-4-3-5-13(10-11)15(16)9-8-14-7-6-12(2)17-14;1-5-6(3-9-2)7(8)11-4-10-5/h3-7,10H,8-9H2,1-2H3;3-4H,1-2H3,(H2,8,10,11). The van der Waals surface area contributed by atoms with Crippen LogP contribution in [0.4, 0.5) is 5.82 Å². The highest BCUT2D eigenvalue weighted by atomic mass is 16.3. The van der Waals surface area contributed by atoms with E-state index in [9.17, 15) is 4.79 Å². The van der Waals surface area contributed by atoms with E-state index in [1.807, 2.05) is 57.2 Å². The predicted molar refractivity (Wildman–Crippen MR) is 112 cm³/mol. The number of hydrogen-bond acceptors (Lipinski definition) is 6. The van der Waals surface area contributed by atoms with Gasteiger partial charge in [0.2, 0.25) is 0 Å². The summed E-state index contributed by atoms with van der Waals surface area (Å²) in [5.74, 6) is 2.41. The third-order valence-corrected chi connectivity index (χ3v) is 4.11. The maximum Gasteiger partial charge on any atom is 0.163 e. The molecular weight excluding hydrogens is 352 g/mol. The molecule has 2 N–H and O–H groups in total. The fourth-order valence-corrected chi connectivity index (χ4v) is 2.61. The summed E-state index contributed by atoms with van der Waals surface area (Å²) < 4.78 is 5.44. The van der Waals surface area contributed by atoms with Gasteiger partial charge in [-0.3, -0.25) is 9.79 Å². The number of ketones is 1. The molecular formula is C22H26N4O2. The van der Waals surface area contributed by atoms with Crippen molar-refractivity contribution in [2.45, 2.75) is 33.6 Å². The van der Waals surface area contributed by atoms with Gasteiger partial charge in [-0.1, -0.05) is 23.8 Å². The van der Waals surface area contributed by atoms with E-state index in [1.54, 1.807) is 13.3 Å². The van der Waals surface area contributed by atoms with Crippen LogP contribution in [-0.4, -0.2) is 29.0 Å². The van der Waals surface area contributed by atoms with E-state index in [4.69, 9.17) is 10.2 Å². The van der Waals surface area contributed by atoms with Gasteiger partial charge in [0.15, 0.2) is 5.78 Å². The van der Waals surface area contributed by atoms with Crippen molar-refractivity contribution in [2.75, 3.05) is 12.8 Å². The van der Waals surface area contributed by atoms with Crippen LogP contribution in [0.15, 0.2) is 52.1 Å². The van der Waals surface area contributed by atoms with Crippen LogP contribution in [0.25, 0.3) is 0 Å². The second kappa shape index (κ2) is 10.2. The lowest BCUT2D eigenvalue weighted by atomic mass is 10.0. The van der Waals surface area contributed by atoms with Crippen molar-refractivity contribution in [2.24, 2.45) is 4.99 Å². The largest absolute Gasteiger partial charge is 0.466 e. The summed E-state index contributed by atoms with van der Waals surface area (Å²) in [6.07, 6.45) is 4.26. The quantitative estimate of drug-likeness (QED) is 0.532. The maximum absolute atomic E-state index is 11.9. The van der Waals surface area contributed by atoms with Gasteiger partial charge in [-0.05, 0) is 39.0 Å². The van der Waals surface area contributed by atoms with Gasteiger partial charge >= 0.3 is 0 Å². The maximum atomic E-state index is 11.9. The van der Waals surface area contributed by atoms with Crippen LogP contribution in [0.5, 0.6) is 0 Å². The topological polar surface area (TPSA) is 94.4 Å². The average molecular weight is 378 g/mol. The van der Waals surface area contributed by atoms with Crippen LogP contribution >= 0.6 is 0 Å². The third-order valence-electron chi connectivity index (χ3n) is 4.11. The number of aryl methyl sites for hydroxylation is 4. The molecule has 0 aliphatic carbocycles. The van der Waals surface area contributed by atoms with Gasteiger partial charge in [-0.25, -0.2) is 9.97 Å². The number of nitrogens with zero attached hydrogens (tertiary/aromatic N) is 3. The summed E-state index contributed by atoms with van der Waals surface area (Å²) in [6, 6.07) is 11.6. The number of aliphatic imine (C=N–C) groups is 1. The van der Waals surface area contributed by atoms with Gasteiger partial charge in [0.25, 0.3) is 0 Å². The van der Waals surface area contributed by atoms with E-state index in [1.165, 1.54) is 6.33 Å². The first-order valence-electron chi connectivity index (χ1n) is 9.05. The van der Waals surface area contributed by atoms with E-state index in [2.05, 4.69) is 15.0 Å². The van der Waals surface area contributed by atoms with Crippen LogP contribution in [0.3, 0.4) is 0 Å². The molecule has 0 saturated carbocycles. The Morgan fingerprint density at radius 1 is 1.18 bits per heavy atom. The first kappa shape index (κ1) is 21.0. The third kappa shape index (κ3) is 6.16. The molecule has 0 saturated heterocycles. The number of nitrogen functional groups attached to an aromatic ring is 1. The van der Waals surface area contributed by atoms with E-state index < -0.39 is 0 Å². The van der Waals surface area contributed by atoms with Gasteiger partial charge in [-0.15, -0.1) is 0 Å². The number of carbonyl (C=O) groups is 1. The predicted octanol–water partition coefficient (Wildman–Crippen LogP) is 4.13. The van der Waals surface area contributed by atoms with Crippen molar-refractivity contribution in [1.29, 1.82) is 0 Å². The fraction of sp³-hybridized carbons (Fsp3) is 0.273. The van der Waals surface area contributed by atoms with Crippen molar-refractivity contribution < 1.29 is 9.21 Å². The Kier molecular flexibility index (Phi) is 7.63. The molecule has 146 valence electrons. The molecule has 0 amide bonds. The highest BCUT2D eigenvalue weighted by Gasteiger charge is 2.07. The summed E-state index contributed by atoms with van der Waals surface area (Å²) in [5.41, 5.74) is 9.12. The molecule has 0 bridgehead atoms. The lowest BCUT2D eigenvalue weighted by Gasteiger charge is -2.01. The summed E-state index contributed by atoms with van der Waals surface area (Å²) in [6.45, 7) is 5.77. The lowest BCUT2D eigenvalue weighted by Crippen LogP contribution is -2.01. The zero-order chi connectivity index (χ0) is 20.5. The molecule has 6 heteroatoms. The molecule has 0 radical (unpaired) electrons. The first-order chi connectivity index (χ1) is 13.4. The number of aromatic nitrogens is 2. The number of furan rings is 1. The van der Waals surface area contributed by atoms with Crippen LogP contribution in [0.2, 0.25) is 0 Å². The number of hydrogen-bond donors (Lipinski definition) is 1. The minimum atomic E-state index is 0.169. The summed E-state index contributed by atoms with van der Waals surface area (Å²) in [4.78, 5) is 23.6. The Hall–Kier alpha value is -3.28. The summed E-state index contributed by atoms with van der Waals surface area (Å²) in [5, 5.41) is 0. The minimum Gasteiger partial charge on any atom is -0.466 e. The van der Waals surface area contributed by atoms with E-state index in [0.29, 0.717) is 18.7 Å². The Morgan fingerprint density at radius 2 is 1.96 bits per heavy atom. The van der Waals surface area contributed by atoms with E-state index in [0.717, 1.165) is 33.9 Å². The number of Topliss-reactive ketones (excluding diaryl/α,β-unsaturated/α-hetero) is 1. The molecule has 6 nitrogen and oxygen atoms in total. The fourth-order valence-electron chi connectivity index (χ4n) is 2.61. The second-order valence-electron chi connectivity index (χ2n) is 6.45. The molecule has 0 unspecified atom stereocenters. The van der Waals surface area contributed by atoms with Crippen LogP contribution in [0.1, 0.15) is 45.1 Å². The van der Waals surface area contributed by atoms with Crippen molar-refractivity contribution >= 4 is 17.8 Å². The van der Waals surface area contributed by atoms with Crippen LogP contribution in [0, 0.1) is 20.8 Å². The number of benzene rings is 1. The van der Waals surface area contributed by atoms with Gasteiger partial charge in [0.05, 0.1) is 11.3 Å². The van der Waals surface area contributed by atoms with Crippen molar-refractivity contribution in [3.8, 4) is 0 Å². The summed E-state index contributed by atoms with van der Waals surface area (Å²) >= 11 is 0. The molecule has 0 spiro atoms. The molecule has 3 rings (SSSR count). The number of nitrogens with two attached hydrogens (primary N) is 1. The molecule has 2 aromatic heterocycles. The van der Waals surface area contributed by atoms with Crippen molar-refractivity contribution in [3.63, 3.8) is 0 Å². The molecule has 0 fully saturated rings. The first-order valence-corrected chi connectivity index (χ1v) is 9.05. The van der Waals surface area contributed by atoms with Gasteiger partial charge in [-0.2, -0.15) is 0 Å². The molecule has 2 heterocycles. The van der Waals surface area contributed by atoms with Crippen molar-refractivity contribution in [3.05, 3.63) is 76.6 Å². The molecule has 1 aromatic carbocycles. The monoisotopic (exact) mass is 378 g/mol. The highest BCUT2D eigenvalue weighted by Crippen LogP contribution is 2.12. The SMILES string of the molecule is CN=Cc1c(C)ncnc1N.Cc1cccc(C(=O)CCc2ccc(C)o2)c1. The van der Waals surface area contributed by atoms with Gasteiger partial charge in [0, 0.05) is 31.7 Å². The van der Waals surface area contributed by atoms with Gasteiger partial charge in [0.1, 0.15) is 23.7 Å². The highest BCUT2D eigenvalue weighted by molar-refractivity contribution is 5.96. The van der Waals surface area contributed by atoms with Crippen LogP contribution in [-0.2, 0) is 6.42 Å². The van der Waals surface area contributed by atoms with Crippen molar-refractivity contribution in [1.82, 2.24) is 9.97 Å². The number of carbonyl (C=O) groups excluding carboxylic acids is 1. The summed E-state index contributed by atoms with van der Waals surface area (Å²) in [7, 11) is 1.69. The van der Waals surface area contributed by atoms with E-state index >= 15 is 0 Å². The molecule has 0 atom stereocenters. The van der Waals surface area contributed by atoms with Gasteiger partial charge < -0.3 is 10.2 Å². The smallest absolute Gasteiger partial charge is 0.163 e. The normalized spacial score (nSPS) is 10.6. The molecule has 0 aliphatic rings. The Balaban J connectivity index is 0.000000221. The zero-order valence-electron chi connectivity index (χ0n) is 16.8. The molecule has 3 aromatic rings. The lowest BCUT2D eigenvalue weighted by molar-refractivity contribution is 0.0980. The molecule has 0 aliphatic heterocycles. The number of anilines is 1. The van der Waals surface area contributed by atoms with E-state index in [-0.39, 0.29) is 5.78 Å². The Morgan fingerprint density at radius 3 is 2.57 bits per heavy atom. The van der Waals surface area contributed by atoms with Crippen LogP contribution < -0.4 is 5.73 Å². The second-order valence-corrected chi connectivity index (χ2v) is 6.45. The Bertz CT molecular complexity index is 940.